The van der Waals surface area contributed by atoms with Crippen LogP contribution in [0.1, 0.15) is 0 Å². The molecule has 0 bridgehead atoms. The van der Waals surface area contributed by atoms with E-state index in [0.29, 0.717) is 0 Å². The summed E-state index contributed by atoms with van der Waals surface area (Å²) >= 11 is 0. The van der Waals surface area contributed by atoms with Crippen molar-refractivity contribution in [1.82, 2.24) is 5.16 Å². The molecule has 0 aliphatic carbocycles. The van der Waals surface area contributed by atoms with Crippen LogP contribution in [0, 0.1) is 10.7 Å². The average molecular weight is 114 g/mol. The predicted octanol–water partition coefficient (Wildman–Crippen LogP) is -0.0295. The molecule has 1 rings (SSSR count). The topological polar surface area (TPSA) is 89.2 Å². The minimum atomic E-state index is -0.148. The highest BCUT2D eigenvalue weighted by atomic mass is 16.8. The first-order valence-electron chi connectivity index (χ1n) is 1.77. The van der Waals surface area contributed by atoms with E-state index in [9.17, 15) is 5.21 Å². The van der Waals surface area contributed by atoms with Gasteiger partial charge in [0.15, 0.2) is 0 Å². The molecule has 42 valence electrons. The molecule has 0 amide bonds. The molecule has 1 N–H and O–H groups in total. The summed E-state index contributed by atoms with van der Waals surface area (Å²) in [6, 6.07) is 0. The maximum atomic E-state index is 10.1. The third-order valence-electron chi connectivity index (χ3n) is 0.591. The molecule has 0 aromatic carbocycles. The van der Waals surface area contributed by atoms with Gasteiger partial charge < -0.3 is 9.84 Å². The van der Waals surface area contributed by atoms with Gasteiger partial charge in [-0.05, 0) is 5.16 Å². The second-order valence-electron chi connectivity index (χ2n) is 1.04. The Bertz CT molecular complexity index is 194. The van der Waals surface area contributed by atoms with E-state index >= 15 is 0 Å². The monoisotopic (exact) mass is 114 g/mol. The summed E-state index contributed by atoms with van der Waals surface area (Å²) in [5.74, 6) is -0.148. The van der Waals surface area contributed by atoms with E-state index in [-0.39, 0.29) is 10.7 Å². The largest absolute Gasteiger partial charge is 0.391 e. The zero-order valence-electron chi connectivity index (χ0n) is 3.74. The van der Waals surface area contributed by atoms with Crippen molar-refractivity contribution >= 4 is 5.82 Å². The van der Waals surface area contributed by atoms with Crippen molar-refractivity contribution in [2.45, 2.75) is 0 Å². The minimum Gasteiger partial charge on any atom is -0.391 e. The molecule has 0 spiro atoms. The summed E-state index contributed by atoms with van der Waals surface area (Å²) < 4.78 is 3.95. The number of hydrogen-bond donors (Lipinski definition) is 1. The Kier molecular flexibility index (Phi) is 0.918. The molecule has 0 saturated heterocycles. The highest BCUT2D eigenvalue weighted by Crippen LogP contribution is 1.97. The van der Waals surface area contributed by atoms with Crippen LogP contribution in [0.5, 0.6) is 0 Å². The highest BCUT2D eigenvalue weighted by molar-refractivity contribution is 5.08. The minimum absolute atomic E-state index is 0.0486. The number of aromatic nitrogens is 2. The van der Waals surface area contributed by atoms with Gasteiger partial charge in [-0.25, -0.2) is 0 Å². The fraction of sp³-hybridized carbons (Fsp3) is 0. The van der Waals surface area contributed by atoms with Crippen LogP contribution in [0.25, 0.3) is 0 Å². The number of nitrogens with one attached hydrogen (secondary N) is 1. The highest BCUT2D eigenvalue weighted by Gasteiger charge is 2.01. The van der Waals surface area contributed by atoms with Gasteiger partial charge in [0.1, 0.15) is 0 Å². The zero-order chi connectivity index (χ0) is 5.98. The van der Waals surface area contributed by atoms with Gasteiger partial charge >= 0.3 is 5.82 Å². The Labute approximate surface area is 43.8 Å². The average Bonchev–Trinajstić information content (AvgIpc) is 2.14. The molecule has 0 unspecified atom stereocenters. The van der Waals surface area contributed by atoms with Crippen molar-refractivity contribution < 1.29 is 9.53 Å². The summed E-state index contributed by atoms with van der Waals surface area (Å²) in [7, 11) is 0. The Morgan fingerprint density at radius 3 is 3.00 bits per heavy atom. The summed E-state index contributed by atoms with van der Waals surface area (Å²) in [6.45, 7) is 0. The van der Waals surface area contributed by atoms with Crippen LogP contribution in [0.2, 0.25) is 0 Å². The first-order valence-corrected chi connectivity index (χ1v) is 1.77. The van der Waals surface area contributed by atoms with Gasteiger partial charge in [0, 0.05) is 5.11 Å². The van der Waals surface area contributed by atoms with Crippen LogP contribution in [0.15, 0.2) is 15.9 Å². The predicted molar refractivity (Wildman–Crippen MR) is 20.3 cm³/mol. The SMILES string of the molecule is N=Nc1cno[n+]1[O-]. The van der Waals surface area contributed by atoms with Crippen molar-refractivity contribution in [3.63, 3.8) is 0 Å². The van der Waals surface area contributed by atoms with Gasteiger partial charge in [-0.15, -0.1) is 5.53 Å². The van der Waals surface area contributed by atoms with Crippen molar-refractivity contribution in [2.75, 3.05) is 0 Å². The van der Waals surface area contributed by atoms with Gasteiger partial charge in [-0.2, -0.15) is 0 Å². The van der Waals surface area contributed by atoms with Gasteiger partial charge in [-0.3, -0.25) is 0 Å². The summed E-state index contributed by atoms with van der Waals surface area (Å²) in [5.41, 5.74) is 6.31. The van der Waals surface area contributed by atoms with Crippen molar-refractivity contribution in [3.05, 3.63) is 11.4 Å². The Morgan fingerprint density at radius 1 is 2.00 bits per heavy atom. The van der Waals surface area contributed by atoms with E-state index in [2.05, 4.69) is 14.9 Å². The Morgan fingerprint density at radius 2 is 2.75 bits per heavy atom. The molecular formula is C2H2N4O2. The zero-order valence-corrected chi connectivity index (χ0v) is 3.74. The second-order valence-corrected chi connectivity index (χ2v) is 1.04. The standard InChI is InChI=1S/C2H2N4O2/c3-5-2-1-4-8-6(2)7/h1,3H. The first kappa shape index (κ1) is 4.69. The molecule has 1 aromatic rings. The van der Waals surface area contributed by atoms with Crippen LogP contribution in [0.3, 0.4) is 0 Å². The molecule has 1 aromatic heterocycles. The Balaban J connectivity index is 3.09. The lowest BCUT2D eigenvalue weighted by Gasteiger charge is -1.81. The fourth-order valence-electron chi connectivity index (χ4n) is 0.272. The lowest BCUT2D eigenvalue weighted by Crippen LogP contribution is -2.21. The maximum Gasteiger partial charge on any atom is 0.358 e. The van der Waals surface area contributed by atoms with Gasteiger partial charge in [0.25, 0.3) is 0 Å². The second kappa shape index (κ2) is 1.57. The third-order valence-corrected chi connectivity index (χ3v) is 0.591. The van der Waals surface area contributed by atoms with Crippen LogP contribution in [-0.2, 0) is 0 Å². The number of nitrogens with zero attached hydrogens (tertiary/aromatic N) is 3. The van der Waals surface area contributed by atoms with Gasteiger partial charge in [0.05, 0.1) is 0 Å². The van der Waals surface area contributed by atoms with Crippen molar-refractivity contribution in [1.29, 1.82) is 5.53 Å². The molecule has 0 saturated carbocycles. The molecular weight excluding hydrogens is 112 g/mol. The maximum absolute atomic E-state index is 10.1. The summed E-state index contributed by atoms with van der Waals surface area (Å²) in [4.78, 5) is 0.0486. The molecule has 6 heteroatoms. The van der Waals surface area contributed by atoms with Gasteiger partial charge in [0.2, 0.25) is 6.20 Å². The first-order chi connectivity index (χ1) is 3.84. The molecule has 8 heavy (non-hydrogen) atoms. The number of rotatable bonds is 1. The summed E-state index contributed by atoms with van der Waals surface area (Å²) in [5, 5.41) is 16.0. The normalized spacial score (nSPS) is 9.00. The third kappa shape index (κ3) is 0.512. The molecule has 0 aliphatic heterocycles. The van der Waals surface area contributed by atoms with Crippen LogP contribution in [-0.4, -0.2) is 5.16 Å². The molecule has 0 aliphatic rings. The van der Waals surface area contributed by atoms with E-state index < -0.39 is 0 Å². The quantitative estimate of drug-likeness (QED) is 0.410. The number of hydrogen-bond acceptors (Lipinski definition) is 5. The smallest absolute Gasteiger partial charge is 0.358 e. The molecule has 0 fully saturated rings. The van der Waals surface area contributed by atoms with Crippen molar-refractivity contribution in [2.24, 2.45) is 5.11 Å². The van der Waals surface area contributed by atoms with Crippen LogP contribution in [0.4, 0.5) is 5.82 Å². The van der Waals surface area contributed by atoms with Crippen LogP contribution >= 0.6 is 0 Å². The van der Waals surface area contributed by atoms with Crippen LogP contribution < -0.4 is 4.90 Å². The molecule has 6 nitrogen and oxygen atoms in total. The van der Waals surface area contributed by atoms with E-state index in [1.165, 1.54) is 0 Å². The summed E-state index contributed by atoms with van der Waals surface area (Å²) in [6.07, 6.45) is 1.06. The molecule has 1 heterocycles. The van der Waals surface area contributed by atoms with E-state index in [0.717, 1.165) is 6.20 Å². The molecule has 0 radical (unpaired) electrons. The van der Waals surface area contributed by atoms with Crippen molar-refractivity contribution in [3.8, 4) is 0 Å². The fourth-order valence-corrected chi connectivity index (χ4v) is 0.272. The lowest BCUT2D eigenvalue weighted by atomic mass is 10.8. The van der Waals surface area contributed by atoms with Gasteiger partial charge in [-0.1, -0.05) is 4.90 Å². The molecule has 0 atom stereocenters. The Hall–Kier alpha value is -1.46. The van der Waals surface area contributed by atoms with E-state index in [4.69, 9.17) is 5.53 Å². The van der Waals surface area contributed by atoms with E-state index in [1.807, 2.05) is 0 Å². The van der Waals surface area contributed by atoms with E-state index in [1.54, 1.807) is 0 Å². The lowest BCUT2D eigenvalue weighted by molar-refractivity contribution is -0.792.